The molecule has 1 aliphatic rings. The monoisotopic (exact) mass is 475 g/mol. The number of para-hydroxylation sites is 1. The highest BCUT2D eigenvalue weighted by Gasteiger charge is 2.26. The number of aromatic nitrogens is 3. The highest BCUT2D eigenvalue weighted by atomic mass is 16.5. The Balaban J connectivity index is 1.48. The van der Waals surface area contributed by atoms with Crippen LogP contribution in [0.15, 0.2) is 54.9 Å². The van der Waals surface area contributed by atoms with Crippen LogP contribution in [0.25, 0.3) is 27.8 Å². The zero-order chi connectivity index (χ0) is 24.6. The average molecular weight is 476 g/mol. The second kappa shape index (κ2) is 9.26. The molecule has 1 amide bonds. The van der Waals surface area contributed by atoms with Crippen molar-refractivity contribution in [3.8, 4) is 11.6 Å². The maximum Gasteiger partial charge on any atom is 0.228 e. The fraction of sp³-hybridized carbons (Fsp3) is 0.346. The summed E-state index contributed by atoms with van der Waals surface area (Å²) in [5, 5.41) is 19.9. The molecule has 1 saturated heterocycles. The van der Waals surface area contributed by atoms with Crippen LogP contribution in [0, 0.1) is 5.41 Å². The number of amides is 1. The molecule has 0 bridgehead atoms. The van der Waals surface area contributed by atoms with E-state index in [1.165, 1.54) is 0 Å². The Hall–Kier alpha value is -3.53. The van der Waals surface area contributed by atoms with E-state index < -0.39 is 5.41 Å². The van der Waals surface area contributed by atoms with Crippen molar-refractivity contribution in [2.24, 2.45) is 11.1 Å². The van der Waals surface area contributed by atoms with E-state index in [9.17, 15) is 15.0 Å². The van der Waals surface area contributed by atoms with Crippen molar-refractivity contribution in [2.45, 2.75) is 25.8 Å². The maximum absolute atomic E-state index is 12.7. The van der Waals surface area contributed by atoms with Crippen LogP contribution in [-0.2, 0) is 4.79 Å². The number of nitrogens with two attached hydrogens (primary N) is 1. The highest BCUT2D eigenvalue weighted by molar-refractivity contribution is 6.03. The molecule has 1 atom stereocenters. The number of anilines is 1. The van der Waals surface area contributed by atoms with Crippen LogP contribution in [0.2, 0.25) is 0 Å². The van der Waals surface area contributed by atoms with Gasteiger partial charge in [-0.2, -0.15) is 0 Å². The fourth-order valence-electron chi connectivity index (χ4n) is 4.25. The molecule has 1 unspecified atom stereocenters. The SMILES string of the molecule is CC(CO)(CO)COc1ccc2c(c1)ncn2-c1ccc2cccc(N3CCC(N)CC3=O)c2n1. The van der Waals surface area contributed by atoms with Crippen molar-refractivity contribution in [3.05, 3.63) is 54.9 Å². The predicted molar refractivity (Wildman–Crippen MR) is 134 cm³/mol. The van der Waals surface area contributed by atoms with Gasteiger partial charge < -0.3 is 25.6 Å². The van der Waals surface area contributed by atoms with E-state index in [0.717, 1.165) is 34.0 Å². The van der Waals surface area contributed by atoms with Gasteiger partial charge in [0.05, 0.1) is 42.1 Å². The number of carbonyl (C=O) groups excluding carboxylic acids is 1. The van der Waals surface area contributed by atoms with Gasteiger partial charge in [-0.1, -0.05) is 19.1 Å². The number of piperidine rings is 1. The number of aliphatic hydroxyl groups excluding tert-OH is 2. The van der Waals surface area contributed by atoms with Crippen molar-refractivity contribution in [1.29, 1.82) is 0 Å². The Labute approximate surface area is 202 Å². The van der Waals surface area contributed by atoms with Gasteiger partial charge in [0.25, 0.3) is 0 Å². The van der Waals surface area contributed by atoms with Crippen LogP contribution in [0.3, 0.4) is 0 Å². The number of aliphatic hydroxyl groups is 2. The van der Waals surface area contributed by atoms with Gasteiger partial charge in [-0.15, -0.1) is 0 Å². The molecule has 2 aromatic carbocycles. The molecule has 0 spiro atoms. The lowest BCUT2D eigenvalue weighted by Gasteiger charge is -2.30. The molecule has 4 aromatic rings. The smallest absolute Gasteiger partial charge is 0.228 e. The third kappa shape index (κ3) is 4.45. The quantitative estimate of drug-likeness (QED) is 0.375. The molecule has 0 saturated carbocycles. The number of fused-ring (bicyclic) bond motifs is 2. The Kier molecular flexibility index (Phi) is 6.14. The lowest BCUT2D eigenvalue weighted by Crippen LogP contribution is -2.44. The van der Waals surface area contributed by atoms with E-state index in [1.807, 2.05) is 53.1 Å². The highest BCUT2D eigenvalue weighted by Crippen LogP contribution is 2.30. The first-order chi connectivity index (χ1) is 16.9. The molecular weight excluding hydrogens is 446 g/mol. The first kappa shape index (κ1) is 23.2. The van der Waals surface area contributed by atoms with E-state index in [1.54, 1.807) is 18.2 Å². The summed E-state index contributed by atoms with van der Waals surface area (Å²) in [5.41, 5.74) is 8.39. The molecule has 9 nitrogen and oxygen atoms in total. The van der Waals surface area contributed by atoms with Crippen molar-refractivity contribution in [2.75, 3.05) is 31.3 Å². The number of imidazole rings is 1. The average Bonchev–Trinajstić information content (AvgIpc) is 3.30. The van der Waals surface area contributed by atoms with Crippen LogP contribution in [-0.4, -0.2) is 63.1 Å². The molecule has 5 rings (SSSR count). The summed E-state index contributed by atoms with van der Waals surface area (Å²) < 4.78 is 7.70. The summed E-state index contributed by atoms with van der Waals surface area (Å²) in [6, 6.07) is 15.2. The summed E-state index contributed by atoms with van der Waals surface area (Å²) in [6.07, 6.45) is 2.80. The Morgan fingerprint density at radius 1 is 1.17 bits per heavy atom. The van der Waals surface area contributed by atoms with Gasteiger partial charge in [-0.25, -0.2) is 9.97 Å². The molecule has 2 aromatic heterocycles. The topological polar surface area (TPSA) is 127 Å². The lowest BCUT2D eigenvalue weighted by atomic mass is 9.94. The predicted octanol–water partition coefficient (Wildman–Crippen LogP) is 2.40. The summed E-state index contributed by atoms with van der Waals surface area (Å²) in [7, 11) is 0. The minimum atomic E-state index is -0.720. The normalized spacial score (nSPS) is 16.9. The third-order valence-electron chi connectivity index (χ3n) is 6.55. The summed E-state index contributed by atoms with van der Waals surface area (Å²) in [4.78, 5) is 23.9. The van der Waals surface area contributed by atoms with Gasteiger partial charge in [0.1, 0.15) is 17.9 Å². The number of rotatable bonds is 7. The third-order valence-corrected chi connectivity index (χ3v) is 6.55. The van der Waals surface area contributed by atoms with Crippen molar-refractivity contribution in [3.63, 3.8) is 0 Å². The maximum atomic E-state index is 12.7. The Morgan fingerprint density at radius 2 is 2.00 bits per heavy atom. The van der Waals surface area contributed by atoms with Gasteiger partial charge in [0, 0.05) is 35.9 Å². The Morgan fingerprint density at radius 3 is 2.77 bits per heavy atom. The number of hydrogen-bond donors (Lipinski definition) is 3. The van der Waals surface area contributed by atoms with Gasteiger partial charge in [0.15, 0.2) is 0 Å². The van der Waals surface area contributed by atoms with Crippen LogP contribution in [0.4, 0.5) is 5.69 Å². The van der Waals surface area contributed by atoms with Crippen LogP contribution < -0.4 is 15.4 Å². The molecule has 9 heteroatoms. The van der Waals surface area contributed by atoms with E-state index >= 15 is 0 Å². The van der Waals surface area contributed by atoms with Gasteiger partial charge in [0.2, 0.25) is 5.91 Å². The zero-order valence-electron chi connectivity index (χ0n) is 19.6. The molecule has 182 valence electrons. The first-order valence-electron chi connectivity index (χ1n) is 11.7. The molecule has 4 N–H and O–H groups in total. The first-order valence-corrected chi connectivity index (χ1v) is 11.7. The summed E-state index contributed by atoms with van der Waals surface area (Å²) in [5.74, 6) is 1.31. The summed E-state index contributed by atoms with van der Waals surface area (Å²) in [6.45, 7) is 2.16. The molecule has 1 aliphatic heterocycles. The molecular formula is C26H29N5O4. The lowest BCUT2D eigenvalue weighted by molar-refractivity contribution is -0.119. The number of nitrogens with zero attached hydrogens (tertiary/aromatic N) is 4. The second-order valence-corrected chi connectivity index (χ2v) is 9.50. The largest absolute Gasteiger partial charge is 0.493 e. The van der Waals surface area contributed by atoms with E-state index in [0.29, 0.717) is 24.5 Å². The molecule has 35 heavy (non-hydrogen) atoms. The Bertz CT molecular complexity index is 1380. The van der Waals surface area contributed by atoms with Crippen LogP contribution in [0.1, 0.15) is 19.8 Å². The number of ether oxygens (including phenoxy) is 1. The molecule has 3 heterocycles. The number of hydrogen-bond acceptors (Lipinski definition) is 7. The van der Waals surface area contributed by atoms with Gasteiger partial charge >= 0.3 is 0 Å². The minimum Gasteiger partial charge on any atom is -0.493 e. The standard InChI is InChI=1S/C26H29N5O4/c1-26(13-32,14-33)15-35-19-6-7-21-20(12-19)28-16-31(21)23-8-5-17-3-2-4-22(25(17)29-23)30-10-9-18(27)11-24(30)34/h2-8,12,16,18,32-33H,9-11,13-15,27H2,1H3. The molecule has 0 aliphatic carbocycles. The van der Waals surface area contributed by atoms with E-state index in [2.05, 4.69) is 4.98 Å². The van der Waals surface area contributed by atoms with Gasteiger partial charge in [-0.3, -0.25) is 9.36 Å². The summed E-state index contributed by atoms with van der Waals surface area (Å²) >= 11 is 0. The van der Waals surface area contributed by atoms with Crippen molar-refractivity contribution in [1.82, 2.24) is 14.5 Å². The van der Waals surface area contributed by atoms with Crippen molar-refractivity contribution < 1.29 is 19.7 Å². The number of pyridine rings is 1. The zero-order valence-corrected chi connectivity index (χ0v) is 19.6. The van der Waals surface area contributed by atoms with Crippen LogP contribution in [0.5, 0.6) is 5.75 Å². The number of benzene rings is 2. The fourth-order valence-corrected chi connectivity index (χ4v) is 4.25. The van der Waals surface area contributed by atoms with Gasteiger partial charge in [-0.05, 0) is 36.8 Å². The van der Waals surface area contributed by atoms with Crippen molar-refractivity contribution >= 4 is 33.5 Å². The van der Waals surface area contributed by atoms with E-state index in [4.69, 9.17) is 15.5 Å². The minimum absolute atomic E-state index is 0.0163. The second-order valence-electron chi connectivity index (χ2n) is 9.50. The number of carbonyl (C=O) groups is 1. The van der Waals surface area contributed by atoms with Crippen LogP contribution >= 0.6 is 0 Å². The van der Waals surface area contributed by atoms with E-state index in [-0.39, 0.29) is 31.8 Å². The molecule has 0 radical (unpaired) electrons. The molecule has 1 fully saturated rings.